The zero-order valence-corrected chi connectivity index (χ0v) is 11.9. The van der Waals surface area contributed by atoms with Gasteiger partial charge < -0.3 is 5.73 Å². The molecule has 2 N–H and O–H groups in total. The fraction of sp³-hybridized carbons (Fsp3) is 0.571. The third-order valence-electron chi connectivity index (χ3n) is 3.81. The number of nitrogens with two attached hydrogens (primary N) is 1. The highest BCUT2D eigenvalue weighted by Gasteiger charge is 2.45. The molecule has 1 aromatic rings. The van der Waals surface area contributed by atoms with Crippen molar-refractivity contribution in [1.82, 2.24) is 0 Å². The summed E-state index contributed by atoms with van der Waals surface area (Å²) in [6.07, 6.45) is 2.81. The minimum atomic E-state index is -3.19. The lowest BCUT2D eigenvalue weighted by Gasteiger charge is -2.15. The van der Waals surface area contributed by atoms with Crippen molar-refractivity contribution < 1.29 is 8.42 Å². The Morgan fingerprint density at radius 3 is 2.50 bits per heavy atom. The maximum atomic E-state index is 12.5. The molecule has 2 rings (SSSR count). The number of rotatable bonds is 5. The number of aryl methyl sites for hydroxylation is 2. The summed E-state index contributed by atoms with van der Waals surface area (Å²) in [7, 11) is -3.19. The largest absolute Gasteiger partial charge is 0.330 e. The molecule has 1 saturated carbocycles. The highest BCUT2D eigenvalue weighted by molar-refractivity contribution is 7.91. The first-order valence-electron chi connectivity index (χ1n) is 6.39. The van der Waals surface area contributed by atoms with Crippen LogP contribution in [0, 0.1) is 19.3 Å². The molecule has 0 heterocycles. The first-order chi connectivity index (χ1) is 8.38. The molecule has 1 aromatic carbocycles. The van der Waals surface area contributed by atoms with Crippen LogP contribution in [-0.4, -0.2) is 20.7 Å². The third kappa shape index (κ3) is 2.75. The van der Waals surface area contributed by atoms with Crippen LogP contribution in [-0.2, 0) is 9.84 Å². The smallest absolute Gasteiger partial charge is 0.179 e. The molecular weight excluding hydrogens is 246 g/mol. The number of sulfone groups is 1. The molecule has 18 heavy (non-hydrogen) atoms. The molecule has 0 spiro atoms. The Kier molecular flexibility index (Phi) is 3.52. The van der Waals surface area contributed by atoms with Gasteiger partial charge in [0, 0.05) is 0 Å². The van der Waals surface area contributed by atoms with E-state index in [2.05, 4.69) is 0 Å². The highest BCUT2D eigenvalue weighted by atomic mass is 32.2. The fourth-order valence-corrected chi connectivity index (χ4v) is 4.79. The maximum Gasteiger partial charge on any atom is 0.179 e. The second-order valence-electron chi connectivity index (χ2n) is 5.57. The van der Waals surface area contributed by atoms with Crippen LogP contribution in [0.3, 0.4) is 0 Å². The molecule has 0 bridgehead atoms. The summed E-state index contributed by atoms with van der Waals surface area (Å²) < 4.78 is 25.0. The van der Waals surface area contributed by atoms with Crippen molar-refractivity contribution in [2.24, 2.45) is 11.1 Å². The maximum absolute atomic E-state index is 12.5. The van der Waals surface area contributed by atoms with E-state index in [1.165, 1.54) is 0 Å². The van der Waals surface area contributed by atoms with Crippen molar-refractivity contribution in [2.45, 2.75) is 38.0 Å². The van der Waals surface area contributed by atoms with Crippen molar-refractivity contribution in [3.63, 3.8) is 0 Å². The lowest BCUT2D eigenvalue weighted by atomic mass is 10.1. The molecule has 100 valence electrons. The van der Waals surface area contributed by atoms with Crippen molar-refractivity contribution >= 4 is 9.84 Å². The van der Waals surface area contributed by atoms with Gasteiger partial charge in [-0.3, -0.25) is 0 Å². The summed E-state index contributed by atoms with van der Waals surface area (Å²) >= 11 is 0. The van der Waals surface area contributed by atoms with Gasteiger partial charge in [-0.05, 0) is 62.3 Å². The average molecular weight is 267 g/mol. The molecule has 3 nitrogen and oxygen atoms in total. The van der Waals surface area contributed by atoms with Crippen LogP contribution < -0.4 is 5.73 Å². The molecular formula is C14H21NO2S. The Labute approximate surface area is 109 Å². The second kappa shape index (κ2) is 4.67. The zero-order chi connectivity index (χ0) is 13.4. The Hall–Kier alpha value is -0.870. The van der Waals surface area contributed by atoms with Crippen LogP contribution >= 0.6 is 0 Å². The predicted molar refractivity (Wildman–Crippen MR) is 73.3 cm³/mol. The van der Waals surface area contributed by atoms with Gasteiger partial charge in [0.05, 0.1) is 10.6 Å². The monoisotopic (exact) mass is 267 g/mol. The van der Waals surface area contributed by atoms with Crippen LogP contribution in [0.1, 0.15) is 30.4 Å². The molecule has 0 radical (unpaired) electrons. The van der Waals surface area contributed by atoms with Gasteiger partial charge in [0.15, 0.2) is 9.84 Å². The quantitative estimate of drug-likeness (QED) is 0.889. The minimum Gasteiger partial charge on any atom is -0.330 e. The predicted octanol–water partition coefficient (Wildman–Crippen LogP) is 2.21. The second-order valence-corrected chi connectivity index (χ2v) is 7.52. The molecule has 0 atom stereocenters. The van der Waals surface area contributed by atoms with Crippen LogP contribution in [0.25, 0.3) is 0 Å². The number of benzene rings is 1. The Morgan fingerprint density at radius 2 is 1.94 bits per heavy atom. The Balaban J connectivity index is 2.29. The fourth-order valence-electron chi connectivity index (χ4n) is 2.47. The molecule has 0 unspecified atom stereocenters. The SMILES string of the molecule is Cc1ccc(C)c(S(=O)(=O)CC2(CCN)CC2)c1. The van der Waals surface area contributed by atoms with Gasteiger partial charge in [0.1, 0.15) is 0 Å². The van der Waals surface area contributed by atoms with Crippen molar-refractivity contribution in [2.75, 3.05) is 12.3 Å². The van der Waals surface area contributed by atoms with Crippen molar-refractivity contribution in [3.05, 3.63) is 29.3 Å². The summed E-state index contributed by atoms with van der Waals surface area (Å²) in [6.45, 7) is 4.35. The lowest BCUT2D eigenvalue weighted by Crippen LogP contribution is -2.21. The molecule has 1 aliphatic rings. The first-order valence-corrected chi connectivity index (χ1v) is 8.04. The summed E-state index contributed by atoms with van der Waals surface area (Å²) in [6, 6.07) is 5.61. The third-order valence-corrected chi connectivity index (χ3v) is 5.91. The summed E-state index contributed by atoms with van der Waals surface area (Å²) in [4.78, 5) is 0.491. The van der Waals surface area contributed by atoms with E-state index in [4.69, 9.17) is 5.73 Å². The minimum absolute atomic E-state index is 0.0379. The number of hydrogen-bond acceptors (Lipinski definition) is 3. The van der Waals surface area contributed by atoms with Gasteiger partial charge in [-0.15, -0.1) is 0 Å². The summed E-state index contributed by atoms with van der Waals surface area (Å²) in [5.41, 5.74) is 7.36. The zero-order valence-electron chi connectivity index (χ0n) is 11.1. The van der Waals surface area contributed by atoms with Gasteiger partial charge in [-0.1, -0.05) is 12.1 Å². The van der Waals surface area contributed by atoms with E-state index in [0.29, 0.717) is 11.4 Å². The van der Waals surface area contributed by atoms with Crippen LogP contribution in [0.2, 0.25) is 0 Å². The van der Waals surface area contributed by atoms with Gasteiger partial charge in [0.25, 0.3) is 0 Å². The van der Waals surface area contributed by atoms with Gasteiger partial charge in [0.2, 0.25) is 0 Å². The first kappa shape index (κ1) is 13.6. The van der Waals surface area contributed by atoms with Gasteiger partial charge in [-0.2, -0.15) is 0 Å². The number of hydrogen-bond donors (Lipinski definition) is 1. The van der Waals surface area contributed by atoms with E-state index < -0.39 is 9.84 Å². The average Bonchev–Trinajstić information content (AvgIpc) is 3.01. The lowest BCUT2D eigenvalue weighted by molar-refractivity contribution is 0.510. The topological polar surface area (TPSA) is 60.2 Å². The van der Waals surface area contributed by atoms with Crippen molar-refractivity contribution in [3.8, 4) is 0 Å². The van der Waals surface area contributed by atoms with E-state index >= 15 is 0 Å². The molecule has 1 aliphatic carbocycles. The molecule has 0 aliphatic heterocycles. The van der Waals surface area contributed by atoms with Crippen molar-refractivity contribution in [1.29, 1.82) is 0 Å². The molecule has 0 amide bonds. The molecule has 4 heteroatoms. The Bertz CT molecular complexity index is 545. The summed E-state index contributed by atoms with van der Waals surface area (Å²) in [5.74, 6) is 0.251. The van der Waals surface area contributed by atoms with Crippen LogP contribution in [0.5, 0.6) is 0 Å². The molecule has 1 fully saturated rings. The van der Waals surface area contributed by atoms with Gasteiger partial charge in [-0.25, -0.2) is 8.42 Å². The van der Waals surface area contributed by atoms with Gasteiger partial charge >= 0.3 is 0 Å². The van der Waals surface area contributed by atoms with E-state index in [1.807, 2.05) is 26.0 Å². The Morgan fingerprint density at radius 1 is 1.28 bits per heavy atom. The van der Waals surface area contributed by atoms with E-state index in [9.17, 15) is 8.42 Å². The normalized spacial score (nSPS) is 17.7. The standard InChI is InChI=1S/C14H21NO2S/c1-11-3-4-12(2)13(9-11)18(16,17)10-14(5-6-14)7-8-15/h3-4,9H,5-8,10,15H2,1-2H3. The summed E-state index contributed by atoms with van der Waals surface area (Å²) in [5, 5.41) is 0. The molecule has 0 saturated heterocycles. The molecule has 0 aromatic heterocycles. The highest BCUT2D eigenvalue weighted by Crippen LogP contribution is 2.50. The van der Waals surface area contributed by atoms with E-state index in [0.717, 1.165) is 30.4 Å². The van der Waals surface area contributed by atoms with Crippen LogP contribution in [0.4, 0.5) is 0 Å². The van der Waals surface area contributed by atoms with E-state index in [1.54, 1.807) is 6.07 Å². The van der Waals surface area contributed by atoms with Crippen LogP contribution in [0.15, 0.2) is 23.1 Å². The van der Waals surface area contributed by atoms with E-state index in [-0.39, 0.29) is 11.2 Å².